The number of fused-ring (bicyclic) bond motifs is 1. The van der Waals surface area contributed by atoms with E-state index >= 15 is 0 Å². The minimum Gasteiger partial charge on any atom is -0.486 e. The van der Waals surface area contributed by atoms with Gasteiger partial charge in [0.1, 0.15) is 19.0 Å². The van der Waals surface area contributed by atoms with Gasteiger partial charge in [-0.3, -0.25) is 4.79 Å². The van der Waals surface area contributed by atoms with Gasteiger partial charge in [-0.25, -0.2) is 4.98 Å². The molecule has 0 saturated heterocycles. The highest BCUT2D eigenvalue weighted by molar-refractivity contribution is 5.94. The van der Waals surface area contributed by atoms with E-state index in [2.05, 4.69) is 10.3 Å². The number of hydrogen-bond acceptors (Lipinski definition) is 5. The maximum atomic E-state index is 12.2. The molecular formula is C19H23N3O3. The van der Waals surface area contributed by atoms with Crippen molar-refractivity contribution in [1.29, 1.82) is 0 Å². The van der Waals surface area contributed by atoms with E-state index in [0.717, 1.165) is 23.4 Å². The molecule has 0 fully saturated rings. The molecule has 1 aromatic heterocycles. The van der Waals surface area contributed by atoms with Crippen molar-refractivity contribution in [2.24, 2.45) is 11.7 Å². The number of nitrogens with one attached hydrogen (secondary N) is 1. The standard InChI is InChI=1S/C19H23N3O3/c1-3-12(2)18(20)19(23)22-17-6-4-5-14(21-17)13-7-8-15-16(11-13)25-10-9-24-15/h4-8,11-12,18H,3,9-10,20H2,1-2H3,(H,21,22,23). The first-order valence-corrected chi connectivity index (χ1v) is 8.52. The molecule has 1 aliphatic heterocycles. The van der Waals surface area contributed by atoms with Crippen LogP contribution < -0.4 is 20.5 Å². The van der Waals surface area contributed by atoms with Crippen LogP contribution in [0.2, 0.25) is 0 Å². The first kappa shape index (κ1) is 17.2. The van der Waals surface area contributed by atoms with E-state index in [1.165, 1.54) is 0 Å². The third-order valence-electron chi connectivity index (χ3n) is 4.40. The summed E-state index contributed by atoms with van der Waals surface area (Å²) in [6.07, 6.45) is 0.846. The fraction of sp³-hybridized carbons (Fsp3) is 0.368. The summed E-state index contributed by atoms with van der Waals surface area (Å²) in [6, 6.07) is 10.6. The molecule has 25 heavy (non-hydrogen) atoms. The van der Waals surface area contributed by atoms with Gasteiger partial charge in [0.15, 0.2) is 11.5 Å². The van der Waals surface area contributed by atoms with Crippen LogP contribution in [0.1, 0.15) is 20.3 Å². The van der Waals surface area contributed by atoms with Crippen LogP contribution in [0.5, 0.6) is 11.5 Å². The van der Waals surface area contributed by atoms with E-state index in [9.17, 15) is 4.79 Å². The number of hydrogen-bond donors (Lipinski definition) is 2. The third kappa shape index (κ3) is 3.91. The van der Waals surface area contributed by atoms with Crippen molar-refractivity contribution in [1.82, 2.24) is 4.98 Å². The quantitative estimate of drug-likeness (QED) is 0.873. The predicted molar refractivity (Wildman–Crippen MR) is 96.7 cm³/mol. The fourth-order valence-corrected chi connectivity index (χ4v) is 2.59. The van der Waals surface area contributed by atoms with Crippen LogP contribution in [0.4, 0.5) is 5.82 Å². The number of carbonyl (C=O) groups excluding carboxylic acids is 1. The van der Waals surface area contributed by atoms with Gasteiger partial charge in [-0.2, -0.15) is 0 Å². The van der Waals surface area contributed by atoms with E-state index in [1.54, 1.807) is 6.07 Å². The molecule has 0 bridgehead atoms. The average molecular weight is 341 g/mol. The van der Waals surface area contributed by atoms with Crippen molar-refractivity contribution >= 4 is 11.7 Å². The zero-order chi connectivity index (χ0) is 17.8. The molecule has 1 aromatic carbocycles. The number of ether oxygens (including phenoxy) is 2. The van der Waals surface area contributed by atoms with E-state index in [4.69, 9.17) is 15.2 Å². The average Bonchev–Trinajstić information content (AvgIpc) is 2.66. The molecule has 0 aliphatic carbocycles. The molecule has 3 rings (SSSR count). The zero-order valence-electron chi connectivity index (χ0n) is 14.5. The molecule has 132 valence electrons. The molecule has 2 unspecified atom stereocenters. The molecule has 1 aliphatic rings. The van der Waals surface area contributed by atoms with Crippen molar-refractivity contribution in [3.63, 3.8) is 0 Å². The number of pyridine rings is 1. The lowest BCUT2D eigenvalue weighted by molar-refractivity contribution is -0.118. The Kier molecular flexibility index (Phi) is 5.19. The molecule has 1 amide bonds. The van der Waals surface area contributed by atoms with Crippen LogP contribution >= 0.6 is 0 Å². The van der Waals surface area contributed by atoms with Crippen molar-refractivity contribution in [2.45, 2.75) is 26.3 Å². The van der Waals surface area contributed by atoms with Crippen LogP contribution in [-0.2, 0) is 4.79 Å². The minimum absolute atomic E-state index is 0.112. The first-order valence-electron chi connectivity index (χ1n) is 8.52. The molecular weight excluding hydrogens is 318 g/mol. The van der Waals surface area contributed by atoms with Gasteiger partial charge in [0, 0.05) is 5.56 Å². The molecule has 2 atom stereocenters. The summed E-state index contributed by atoms with van der Waals surface area (Å²) in [6.45, 7) is 5.07. The molecule has 0 saturated carbocycles. The highest BCUT2D eigenvalue weighted by Gasteiger charge is 2.20. The first-order chi connectivity index (χ1) is 12.1. The van der Waals surface area contributed by atoms with Gasteiger partial charge in [-0.1, -0.05) is 26.3 Å². The third-order valence-corrected chi connectivity index (χ3v) is 4.40. The molecule has 3 N–H and O–H groups in total. The lowest BCUT2D eigenvalue weighted by Crippen LogP contribution is -2.40. The Labute approximate surface area is 147 Å². The highest BCUT2D eigenvalue weighted by atomic mass is 16.6. The summed E-state index contributed by atoms with van der Waals surface area (Å²) in [5.41, 5.74) is 7.61. The number of amides is 1. The van der Waals surface area contributed by atoms with Gasteiger partial charge >= 0.3 is 0 Å². The van der Waals surface area contributed by atoms with Gasteiger partial charge in [-0.15, -0.1) is 0 Å². The second-order valence-electron chi connectivity index (χ2n) is 6.17. The summed E-state index contributed by atoms with van der Waals surface area (Å²) in [7, 11) is 0. The second kappa shape index (κ2) is 7.53. The Morgan fingerprint density at radius 2 is 2.00 bits per heavy atom. The summed E-state index contributed by atoms with van der Waals surface area (Å²) in [4.78, 5) is 16.8. The van der Waals surface area contributed by atoms with Crippen LogP contribution in [0.3, 0.4) is 0 Å². The molecule has 0 radical (unpaired) electrons. The zero-order valence-corrected chi connectivity index (χ0v) is 14.5. The minimum atomic E-state index is -0.551. The van der Waals surface area contributed by atoms with Crippen molar-refractivity contribution in [2.75, 3.05) is 18.5 Å². The summed E-state index contributed by atoms with van der Waals surface area (Å²) < 4.78 is 11.1. The van der Waals surface area contributed by atoms with Crippen molar-refractivity contribution < 1.29 is 14.3 Å². The smallest absolute Gasteiger partial charge is 0.242 e. The van der Waals surface area contributed by atoms with E-state index < -0.39 is 6.04 Å². The van der Waals surface area contributed by atoms with Crippen molar-refractivity contribution in [3.05, 3.63) is 36.4 Å². The highest BCUT2D eigenvalue weighted by Crippen LogP contribution is 2.34. The maximum absolute atomic E-state index is 12.2. The predicted octanol–water partition coefficient (Wildman–Crippen LogP) is 2.83. The van der Waals surface area contributed by atoms with Gasteiger partial charge in [0.2, 0.25) is 5.91 Å². The molecule has 2 aromatic rings. The number of carbonyl (C=O) groups is 1. The van der Waals surface area contributed by atoms with E-state index in [-0.39, 0.29) is 11.8 Å². The number of aromatic nitrogens is 1. The van der Waals surface area contributed by atoms with Crippen LogP contribution in [0, 0.1) is 5.92 Å². The summed E-state index contributed by atoms with van der Waals surface area (Å²) in [5.74, 6) is 1.82. The Balaban J connectivity index is 1.79. The van der Waals surface area contributed by atoms with Crippen LogP contribution in [0.15, 0.2) is 36.4 Å². The largest absolute Gasteiger partial charge is 0.486 e. The van der Waals surface area contributed by atoms with Crippen LogP contribution in [-0.4, -0.2) is 30.1 Å². The normalized spacial score (nSPS) is 15.3. The maximum Gasteiger partial charge on any atom is 0.242 e. The lowest BCUT2D eigenvalue weighted by atomic mass is 9.99. The van der Waals surface area contributed by atoms with E-state index in [1.807, 2.05) is 44.2 Å². The molecule has 0 spiro atoms. The summed E-state index contributed by atoms with van der Waals surface area (Å²) in [5, 5.41) is 2.80. The summed E-state index contributed by atoms with van der Waals surface area (Å²) >= 11 is 0. The van der Waals surface area contributed by atoms with Gasteiger partial charge in [0.05, 0.1) is 11.7 Å². The number of benzene rings is 1. The number of nitrogens with zero attached hydrogens (tertiary/aromatic N) is 1. The SMILES string of the molecule is CCC(C)C(N)C(=O)Nc1cccc(-c2ccc3c(c2)OCCO3)n1. The molecule has 2 heterocycles. The number of anilines is 1. The van der Waals surface area contributed by atoms with E-state index in [0.29, 0.717) is 24.8 Å². The van der Waals surface area contributed by atoms with Gasteiger partial charge in [-0.05, 0) is 36.2 Å². The van der Waals surface area contributed by atoms with Gasteiger partial charge < -0.3 is 20.5 Å². The van der Waals surface area contributed by atoms with Crippen molar-refractivity contribution in [3.8, 4) is 22.8 Å². The lowest BCUT2D eigenvalue weighted by Gasteiger charge is -2.19. The Bertz CT molecular complexity index is 763. The fourth-order valence-electron chi connectivity index (χ4n) is 2.59. The Morgan fingerprint density at radius 1 is 1.24 bits per heavy atom. The Morgan fingerprint density at radius 3 is 2.76 bits per heavy atom. The topological polar surface area (TPSA) is 86.5 Å². The number of nitrogens with two attached hydrogens (primary N) is 1. The molecule has 6 nitrogen and oxygen atoms in total. The monoisotopic (exact) mass is 341 g/mol. The Hall–Kier alpha value is -2.60. The van der Waals surface area contributed by atoms with Crippen LogP contribution in [0.25, 0.3) is 11.3 Å². The number of rotatable bonds is 5. The van der Waals surface area contributed by atoms with Gasteiger partial charge in [0.25, 0.3) is 0 Å². The second-order valence-corrected chi connectivity index (χ2v) is 6.17. The molecule has 6 heteroatoms.